The Hall–Kier alpha value is -1.27. The van der Waals surface area contributed by atoms with E-state index in [1.54, 1.807) is 6.07 Å². The number of terminal acetylenes is 1. The molecule has 1 heterocycles. The van der Waals surface area contributed by atoms with E-state index in [2.05, 4.69) is 15.9 Å². The standard InChI is InChI=1S/C11H13ClN2O/c1-4-5-6-15-10-7-9(12)13-11(14-10)8(2)3/h1,7-8H,5-6H2,2-3H3. The van der Waals surface area contributed by atoms with E-state index in [1.807, 2.05) is 13.8 Å². The fourth-order valence-electron chi connectivity index (χ4n) is 0.960. The minimum atomic E-state index is 0.221. The lowest BCUT2D eigenvalue weighted by Gasteiger charge is -2.07. The van der Waals surface area contributed by atoms with E-state index in [1.165, 1.54) is 0 Å². The van der Waals surface area contributed by atoms with Gasteiger partial charge in [0.05, 0.1) is 0 Å². The molecule has 3 nitrogen and oxygen atoms in total. The maximum absolute atomic E-state index is 5.84. The van der Waals surface area contributed by atoms with E-state index in [9.17, 15) is 0 Å². The average molecular weight is 225 g/mol. The maximum atomic E-state index is 5.84. The first-order valence-corrected chi connectivity index (χ1v) is 5.12. The summed E-state index contributed by atoms with van der Waals surface area (Å²) in [7, 11) is 0. The van der Waals surface area contributed by atoms with Gasteiger partial charge < -0.3 is 4.74 Å². The lowest BCUT2D eigenvalue weighted by Crippen LogP contribution is -2.03. The Bertz CT molecular complexity index is 371. The van der Waals surface area contributed by atoms with Gasteiger partial charge in [0.2, 0.25) is 5.88 Å². The number of ether oxygens (including phenoxy) is 1. The second kappa shape index (κ2) is 5.57. The molecule has 1 rings (SSSR count). The summed E-state index contributed by atoms with van der Waals surface area (Å²) >= 11 is 5.84. The largest absolute Gasteiger partial charge is 0.477 e. The van der Waals surface area contributed by atoms with Crippen molar-refractivity contribution in [3.05, 3.63) is 17.0 Å². The van der Waals surface area contributed by atoms with Gasteiger partial charge in [-0.15, -0.1) is 12.3 Å². The van der Waals surface area contributed by atoms with Crippen molar-refractivity contribution in [1.82, 2.24) is 9.97 Å². The van der Waals surface area contributed by atoms with Crippen LogP contribution in [0.4, 0.5) is 0 Å². The smallest absolute Gasteiger partial charge is 0.218 e. The number of aromatic nitrogens is 2. The van der Waals surface area contributed by atoms with Crippen LogP contribution in [0.3, 0.4) is 0 Å². The van der Waals surface area contributed by atoms with Gasteiger partial charge in [-0.25, -0.2) is 4.98 Å². The van der Waals surface area contributed by atoms with Crippen molar-refractivity contribution in [3.63, 3.8) is 0 Å². The highest BCUT2D eigenvalue weighted by molar-refractivity contribution is 6.29. The van der Waals surface area contributed by atoms with Crippen LogP contribution in [0.5, 0.6) is 5.88 Å². The molecule has 0 aliphatic rings. The van der Waals surface area contributed by atoms with Crippen molar-refractivity contribution in [1.29, 1.82) is 0 Å². The van der Waals surface area contributed by atoms with Gasteiger partial charge >= 0.3 is 0 Å². The minimum Gasteiger partial charge on any atom is -0.477 e. The fourth-order valence-corrected chi connectivity index (χ4v) is 1.14. The molecule has 0 fully saturated rings. The van der Waals surface area contributed by atoms with Crippen molar-refractivity contribution in [2.24, 2.45) is 0 Å². The molecule has 15 heavy (non-hydrogen) atoms. The van der Waals surface area contributed by atoms with Gasteiger partial charge in [-0.2, -0.15) is 4.98 Å². The normalized spacial score (nSPS) is 10.1. The highest BCUT2D eigenvalue weighted by atomic mass is 35.5. The first kappa shape index (κ1) is 11.8. The van der Waals surface area contributed by atoms with E-state index < -0.39 is 0 Å². The Balaban J connectivity index is 2.76. The zero-order valence-electron chi connectivity index (χ0n) is 8.83. The summed E-state index contributed by atoms with van der Waals surface area (Å²) in [5.41, 5.74) is 0. The molecule has 1 aromatic heterocycles. The highest BCUT2D eigenvalue weighted by Crippen LogP contribution is 2.18. The predicted octanol–water partition coefficient (Wildman–Crippen LogP) is 2.66. The van der Waals surface area contributed by atoms with Gasteiger partial charge in [-0.3, -0.25) is 0 Å². The third-order valence-electron chi connectivity index (χ3n) is 1.70. The summed E-state index contributed by atoms with van der Waals surface area (Å²) in [5, 5.41) is 0.393. The minimum absolute atomic E-state index is 0.221. The number of rotatable bonds is 4. The molecular weight excluding hydrogens is 212 g/mol. The van der Waals surface area contributed by atoms with Crippen LogP contribution in [-0.4, -0.2) is 16.6 Å². The Labute approximate surface area is 94.8 Å². The van der Waals surface area contributed by atoms with Crippen molar-refractivity contribution < 1.29 is 4.74 Å². The first-order chi connectivity index (χ1) is 7.13. The average Bonchev–Trinajstić information content (AvgIpc) is 2.17. The Morgan fingerprint density at radius 1 is 1.53 bits per heavy atom. The molecule has 0 radical (unpaired) electrons. The Kier molecular flexibility index (Phi) is 4.38. The van der Waals surface area contributed by atoms with Crippen LogP contribution in [0.1, 0.15) is 32.0 Å². The molecule has 1 aromatic rings. The van der Waals surface area contributed by atoms with Gasteiger partial charge in [0, 0.05) is 18.4 Å². The predicted molar refractivity (Wildman–Crippen MR) is 60.1 cm³/mol. The third kappa shape index (κ3) is 3.77. The van der Waals surface area contributed by atoms with Crippen LogP contribution in [0, 0.1) is 12.3 Å². The van der Waals surface area contributed by atoms with Crippen molar-refractivity contribution >= 4 is 11.6 Å². The topological polar surface area (TPSA) is 35.0 Å². The molecule has 0 N–H and O–H groups in total. The Morgan fingerprint density at radius 3 is 2.87 bits per heavy atom. The summed E-state index contributed by atoms with van der Waals surface area (Å²) < 4.78 is 5.34. The Morgan fingerprint density at radius 2 is 2.27 bits per heavy atom. The van der Waals surface area contributed by atoms with Gasteiger partial charge in [-0.1, -0.05) is 25.4 Å². The van der Waals surface area contributed by atoms with Gasteiger partial charge in [0.25, 0.3) is 0 Å². The summed E-state index contributed by atoms with van der Waals surface area (Å²) in [5.74, 6) is 3.87. The lowest BCUT2D eigenvalue weighted by molar-refractivity contribution is 0.312. The zero-order valence-corrected chi connectivity index (χ0v) is 9.58. The zero-order chi connectivity index (χ0) is 11.3. The van der Waals surface area contributed by atoms with Crippen LogP contribution in [0.25, 0.3) is 0 Å². The van der Waals surface area contributed by atoms with Crippen LogP contribution >= 0.6 is 11.6 Å². The second-order valence-corrected chi connectivity index (χ2v) is 3.73. The quantitative estimate of drug-likeness (QED) is 0.448. The fraction of sp³-hybridized carbons (Fsp3) is 0.455. The summed E-state index contributed by atoms with van der Waals surface area (Å²) in [6.45, 7) is 4.44. The molecular formula is C11H13ClN2O. The second-order valence-electron chi connectivity index (χ2n) is 3.34. The molecule has 0 aliphatic heterocycles. The monoisotopic (exact) mass is 224 g/mol. The number of nitrogens with zero attached hydrogens (tertiary/aromatic N) is 2. The summed E-state index contributed by atoms with van der Waals surface area (Å²) in [6.07, 6.45) is 5.67. The van der Waals surface area contributed by atoms with Crippen molar-refractivity contribution in [3.8, 4) is 18.2 Å². The van der Waals surface area contributed by atoms with Crippen LogP contribution in [0.15, 0.2) is 6.07 Å². The number of hydrogen-bond acceptors (Lipinski definition) is 3. The van der Waals surface area contributed by atoms with E-state index in [4.69, 9.17) is 22.8 Å². The molecule has 0 saturated heterocycles. The van der Waals surface area contributed by atoms with E-state index in [0.29, 0.717) is 29.9 Å². The van der Waals surface area contributed by atoms with E-state index >= 15 is 0 Å². The van der Waals surface area contributed by atoms with Gasteiger partial charge in [-0.05, 0) is 0 Å². The van der Waals surface area contributed by atoms with Crippen molar-refractivity contribution in [2.45, 2.75) is 26.2 Å². The maximum Gasteiger partial charge on any atom is 0.218 e. The van der Waals surface area contributed by atoms with E-state index in [-0.39, 0.29) is 5.92 Å². The van der Waals surface area contributed by atoms with Gasteiger partial charge in [0.15, 0.2) is 0 Å². The molecule has 0 aliphatic carbocycles. The highest BCUT2D eigenvalue weighted by Gasteiger charge is 2.07. The number of hydrogen-bond donors (Lipinski definition) is 0. The molecule has 4 heteroatoms. The molecule has 80 valence electrons. The van der Waals surface area contributed by atoms with Gasteiger partial charge in [0.1, 0.15) is 17.6 Å². The SMILES string of the molecule is C#CCCOc1cc(Cl)nc(C(C)C)n1. The number of halogens is 1. The van der Waals surface area contributed by atoms with E-state index in [0.717, 1.165) is 0 Å². The molecule has 0 unspecified atom stereocenters. The molecule has 0 saturated carbocycles. The molecule has 0 spiro atoms. The lowest BCUT2D eigenvalue weighted by atomic mass is 10.2. The molecule has 0 bridgehead atoms. The van der Waals surface area contributed by atoms with Crippen LogP contribution in [0.2, 0.25) is 5.15 Å². The summed E-state index contributed by atoms with van der Waals surface area (Å²) in [6, 6.07) is 1.59. The molecule has 0 aromatic carbocycles. The molecule has 0 atom stereocenters. The molecule has 0 amide bonds. The van der Waals surface area contributed by atoms with Crippen LogP contribution in [-0.2, 0) is 0 Å². The third-order valence-corrected chi connectivity index (χ3v) is 1.90. The summed E-state index contributed by atoms with van der Waals surface area (Å²) in [4.78, 5) is 8.31. The van der Waals surface area contributed by atoms with Crippen LogP contribution < -0.4 is 4.74 Å². The van der Waals surface area contributed by atoms with Crippen molar-refractivity contribution in [2.75, 3.05) is 6.61 Å². The first-order valence-electron chi connectivity index (χ1n) is 4.74.